The largest absolute Gasteiger partial charge is 0.436 e. The van der Waals surface area contributed by atoms with Crippen LogP contribution in [-0.4, -0.2) is 24.0 Å². The van der Waals surface area contributed by atoms with E-state index in [1.54, 1.807) is 0 Å². The van der Waals surface area contributed by atoms with Gasteiger partial charge in [-0.2, -0.15) is 0 Å². The van der Waals surface area contributed by atoms with Crippen LogP contribution in [0, 0.1) is 0 Å². The molecule has 0 amide bonds. The highest BCUT2D eigenvalue weighted by molar-refractivity contribution is 5.54. The second-order valence-corrected chi connectivity index (χ2v) is 4.76. The minimum atomic E-state index is 0.680. The van der Waals surface area contributed by atoms with Crippen molar-refractivity contribution in [1.29, 1.82) is 0 Å². The Kier molecular flexibility index (Phi) is 2.95. The Morgan fingerprint density at radius 2 is 1.89 bits per heavy atom. The summed E-state index contributed by atoms with van der Waals surface area (Å²) in [6.45, 7) is 0. The van der Waals surface area contributed by atoms with E-state index in [0.717, 1.165) is 22.7 Å². The molecule has 0 bridgehead atoms. The van der Waals surface area contributed by atoms with Crippen molar-refractivity contribution in [3.05, 3.63) is 52.9 Å². The van der Waals surface area contributed by atoms with Crippen LogP contribution >= 0.6 is 0 Å². The fraction of sp³-hybridized carbons (Fsp3) is 0.188. The van der Waals surface area contributed by atoms with Crippen LogP contribution in [0.4, 0.5) is 0 Å². The molecule has 1 heterocycles. The third kappa shape index (κ3) is 2.32. The quantitative estimate of drug-likeness (QED) is 0.815. The number of nitrogens with zero attached hydrogens (tertiary/aromatic N) is 2. The van der Waals surface area contributed by atoms with E-state index in [-0.39, 0.29) is 0 Å². The van der Waals surface area contributed by atoms with Gasteiger partial charge in [0.15, 0.2) is 5.42 Å². The standard InChI is InChI=1S/C16H16N2O/c1-18(2)13-8-10-14-15(11-9-13)19-16(17-14)12-6-4-3-5-7-12/h3-7,9-11H,8H2,1-2H3. The highest BCUT2D eigenvalue weighted by atomic mass is 16.3. The molecule has 3 nitrogen and oxygen atoms in total. The maximum absolute atomic E-state index is 5.84. The van der Waals surface area contributed by atoms with Crippen molar-refractivity contribution >= 4 is 12.2 Å². The Labute approximate surface area is 112 Å². The number of allylic oxidation sites excluding steroid dienone is 2. The predicted molar refractivity (Wildman–Crippen MR) is 76.5 cm³/mol. The van der Waals surface area contributed by atoms with Crippen LogP contribution in [0.2, 0.25) is 0 Å². The number of benzene rings is 1. The molecule has 3 rings (SSSR count). The Morgan fingerprint density at radius 3 is 2.63 bits per heavy atom. The van der Waals surface area contributed by atoms with E-state index in [2.05, 4.69) is 22.0 Å². The number of aromatic nitrogens is 1. The topological polar surface area (TPSA) is 29.3 Å². The van der Waals surface area contributed by atoms with E-state index in [9.17, 15) is 0 Å². The molecule has 0 unspecified atom stereocenters. The first-order chi connectivity index (χ1) is 9.24. The van der Waals surface area contributed by atoms with Crippen molar-refractivity contribution in [2.75, 3.05) is 14.1 Å². The molecule has 3 heteroatoms. The Bertz CT molecular complexity index is 724. The van der Waals surface area contributed by atoms with E-state index in [4.69, 9.17) is 4.42 Å². The number of fused-ring (bicyclic) bond motifs is 1. The van der Waals surface area contributed by atoms with Crippen molar-refractivity contribution in [3.63, 3.8) is 0 Å². The molecule has 0 radical (unpaired) electrons. The molecule has 1 aromatic carbocycles. The molecule has 0 saturated carbocycles. The molecular formula is C16H16N2O. The summed E-state index contributed by atoms with van der Waals surface area (Å²) < 4.78 is 5.84. The third-order valence-corrected chi connectivity index (χ3v) is 3.21. The average molecular weight is 252 g/mol. The number of hydrogen-bond acceptors (Lipinski definition) is 3. The summed E-state index contributed by atoms with van der Waals surface area (Å²) in [5.74, 6) is 0.680. The van der Waals surface area contributed by atoms with Crippen LogP contribution in [-0.2, 0) is 0 Å². The Balaban J connectivity index is 2.07. The molecule has 0 aliphatic heterocycles. The lowest BCUT2D eigenvalue weighted by Crippen LogP contribution is -2.20. The molecule has 0 fully saturated rings. The van der Waals surface area contributed by atoms with Gasteiger partial charge in [-0.05, 0) is 30.4 Å². The van der Waals surface area contributed by atoms with Gasteiger partial charge in [-0.3, -0.25) is 0 Å². The first-order valence-electron chi connectivity index (χ1n) is 6.35. The SMILES string of the molecule is CN(C)C1=CC=c2oc(-c3ccccc3)nc2=CC1. The molecular weight excluding hydrogens is 236 g/mol. The minimum absolute atomic E-state index is 0.680. The summed E-state index contributed by atoms with van der Waals surface area (Å²) in [6, 6.07) is 9.98. The fourth-order valence-corrected chi connectivity index (χ4v) is 2.09. The van der Waals surface area contributed by atoms with Crippen LogP contribution in [0.1, 0.15) is 6.42 Å². The zero-order chi connectivity index (χ0) is 13.2. The highest BCUT2D eigenvalue weighted by Crippen LogP contribution is 2.14. The second-order valence-electron chi connectivity index (χ2n) is 4.76. The Hall–Kier alpha value is -2.29. The molecule has 96 valence electrons. The molecule has 0 N–H and O–H groups in total. The third-order valence-electron chi connectivity index (χ3n) is 3.21. The van der Waals surface area contributed by atoms with Gasteiger partial charge in [0.25, 0.3) is 0 Å². The van der Waals surface area contributed by atoms with Gasteiger partial charge < -0.3 is 9.32 Å². The van der Waals surface area contributed by atoms with Crippen LogP contribution in [0.5, 0.6) is 0 Å². The summed E-state index contributed by atoms with van der Waals surface area (Å²) in [4.78, 5) is 6.68. The van der Waals surface area contributed by atoms with E-state index < -0.39 is 0 Å². The van der Waals surface area contributed by atoms with Crippen molar-refractivity contribution in [1.82, 2.24) is 9.88 Å². The zero-order valence-corrected chi connectivity index (χ0v) is 11.1. The van der Waals surface area contributed by atoms with Crippen LogP contribution < -0.4 is 10.8 Å². The summed E-state index contributed by atoms with van der Waals surface area (Å²) in [7, 11) is 4.09. The summed E-state index contributed by atoms with van der Waals surface area (Å²) in [5.41, 5.74) is 3.08. The summed E-state index contributed by atoms with van der Waals surface area (Å²) in [6.07, 6.45) is 7.06. The lowest BCUT2D eigenvalue weighted by Gasteiger charge is -2.14. The molecule has 0 atom stereocenters. The van der Waals surface area contributed by atoms with Gasteiger partial charge in [0.2, 0.25) is 5.89 Å². The molecule has 1 aromatic heterocycles. The molecule has 19 heavy (non-hydrogen) atoms. The predicted octanol–water partition coefficient (Wildman–Crippen LogP) is 1.75. The molecule has 1 aliphatic carbocycles. The first-order valence-corrected chi connectivity index (χ1v) is 6.35. The number of hydrogen-bond donors (Lipinski definition) is 0. The smallest absolute Gasteiger partial charge is 0.227 e. The van der Waals surface area contributed by atoms with Gasteiger partial charge >= 0.3 is 0 Å². The van der Waals surface area contributed by atoms with Crippen LogP contribution in [0.25, 0.3) is 23.6 Å². The minimum Gasteiger partial charge on any atom is -0.436 e. The van der Waals surface area contributed by atoms with E-state index in [0.29, 0.717) is 5.89 Å². The van der Waals surface area contributed by atoms with Crippen LogP contribution in [0.3, 0.4) is 0 Å². The zero-order valence-electron chi connectivity index (χ0n) is 11.1. The van der Waals surface area contributed by atoms with E-state index >= 15 is 0 Å². The van der Waals surface area contributed by atoms with Crippen molar-refractivity contribution in [3.8, 4) is 11.5 Å². The second kappa shape index (κ2) is 4.76. The normalized spacial score (nSPS) is 13.7. The molecule has 2 aromatic rings. The van der Waals surface area contributed by atoms with Crippen molar-refractivity contribution in [2.24, 2.45) is 0 Å². The van der Waals surface area contributed by atoms with E-state index in [1.165, 1.54) is 5.70 Å². The Morgan fingerprint density at radius 1 is 1.11 bits per heavy atom. The van der Waals surface area contributed by atoms with Gasteiger partial charge in [-0.1, -0.05) is 18.2 Å². The lowest BCUT2D eigenvalue weighted by molar-refractivity contribution is 0.505. The maximum Gasteiger partial charge on any atom is 0.227 e. The monoisotopic (exact) mass is 252 g/mol. The first kappa shape index (κ1) is 11.8. The van der Waals surface area contributed by atoms with Crippen molar-refractivity contribution in [2.45, 2.75) is 6.42 Å². The number of oxazole rings is 1. The molecule has 0 spiro atoms. The average Bonchev–Trinajstić information content (AvgIpc) is 2.73. The fourth-order valence-electron chi connectivity index (χ4n) is 2.09. The van der Waals surface area contributed by atoms with Gasteiger partial charge in [-0.25, -0.2) is 4.98 Å². The molecule has 1 aliphatic rings. The molecule has 0 saturated heterocycles. The van der Waals surface area contributed by atoms with Gasteiger partial charge in [0.05, 0.1) is 0 Å². The number of rotatable bonds is 2. The van der Waals surface area contributed by atoms with Gasteiger partial charge in [-0.15, -0.1) is 0 Å². The van der Waals surface area contributed by atoms with Gasteiger partial charge in [0, 0.05) is 31.8 Å². The van der Waals surface area contributed by atoms with Gasteiger partial charge in [0.1, 0.15) is 5.35 Å². The lowest BCUT2D eigenvalue weighted by atomic mass is 10.2. The highest BCUT2D eigenvalue weighted by Gasteiger charge is 2.07. The summed E-state index contributed by atoms with van der Waals surface area (Å²) in [5, 5.41) is 0.923. The van der Waals surface area contributed by atoms with Crippen LogP contribution in [0.15, 0.2) is 46.5 Å². The van der Waals surface area contributed by atoms with Crippen molar-refractivity contribution < 1.29 is 4.42 Å². The maximum atomic E-state index is 5.84. The van der Waals surface area contributed by atoms with E-state index in [1.807, 2.05) is 50.5 Å². The summed E-state index contributed by atoms with van der Waals surface area (Å²) >= 11 is 0.